The van der Waals surface area contributed by atoms with Gasteiger partial charge in [-0.1, -0.05) is 0 Å². The Balaban J connectivity index is 1.64. The highest BCUT2D eigenvalue weighted by Crippen LogP contribution is 2.12. The number of hydrogen-bond donors (Lipinski definition) is 3. The number of primary amides is 1. The highest BCUT2D eigenvalue weighted by atomic mass is 16.2. The van der Waals surface area contributed by atoms with E-state index in [1.165, 1.54) is 6.42 Å². The lowest BCUT2D eigenvalue weighted by atomic mass is 10.0. The Labute approximate surface area is 114 Å². The summed E-state index contributed by atoms with van der Waals surface area (Å²) in [5.74, 6) is -0.137. The fourth-order valence-corrected chi connectivity index (χ4v) is 2.90. The van der Waals surface area contributed by atoms with Gasteiger partial charge in [0.25, 0.3) is 0 Å². The summed E-state index contributed by atoms with van der Waals surface area (Å²) < 4.78 is 0. The first-order chi connectivity index (χ1) is 9.13. The summed E-state index contributed by atoms with van der Waals surface area (Å²) in [7, 11) is 0. The van der Waals surface area contributed by atoms with E-state index in [0.29, 0.717) is 19.0 Å². The van der Waals surface area contributed by atoms with Gasteiger partial charge >= 0.3 is 0 Å². The number of carbonyl (C=O) groups is 2. The van der Waals surface area contributed by atoms with Crippen LogP contribution < -0.4 is 16.4 Å². The number of hydrogen-bond acceptors (Lipinski definition) is 4. The van der Waals surface area contributed by atoms with Crippen LogP contribution in [0.4, 0.5) is 0 Å². The molecule has 2 aliphatic rings. The Morgan fingerprint density at radius 2 is 2.00 bits per heavy atom. The van der Waals surface area contributed by atoms with E-state index < -0.39 is 0 Å². The van der Waals surface area contributed by atoms with Gasteiger partial charge in [0.2, 0.25) is 11.8 Å². The third-order valence-electron chi connectivity index (χ3n) is 3.93. The van der Waals surface area contributed by atoms with Gasteiger partial charge < -0.3 is 16.4 Å². The molecule has 6 heteroatoms. The maximum atomic E-state index is 11.9. The molecule has 2 saturated heterocycles. The molecule has 2 fully saturated rings. The standard InChI is InChI=1S/C13H24N4O2/c14-12(18)9-17-6-3-10(4-7-17)16-13(19)8-11-2-1-5-15-11/h10-11,15H,1-9H2,(H2,14,18)(H,16,19). The van der Waals surface area contributed by atoms with Crippen LogP contribution in [0.15, 0.2) is 0 Å². The first-order valence-electron chi connectivity index (χ1n) is 7.17. The lowest BCUT2D eigenvalue weighted by molar-refractivity contribution is -0.123. The van der Waals surface area contributed by atoms with Crippen LogP contribution in [-0.4, -0.2) is 55.0 Å². The lowest BCUT2D eigenvalue weighted by Gasteiger charge is -2.31. The van der Waals surface area contributed by atoms with Crippen molar-refractivity contribution in [3.8, 4) is 0 Å². The van der Waals surface area contributed by atoms with Gasteiger partial charge in [-0.3, -0.25) is 14.5 Å². The van der Waals surface area contributed by atoms with E-state index >= 15 is 0 Å². The Morgan fingerprint density at radius 3 is 2.58 bits per heavy atom. The fraction of sp³-hybridized carbons (Fsp3) is 0.846. The largest absolute Gasteiger partial charge is 0.369 e. The molecule has 108 valence electrons. The predicted octanol–water partition coefficient (Wildman–Crippen LogP) is -0.806. The Kier molecular flexibility index (Phi) is 5.15. The second-order valence-electron chi connectivity index (χ2n) is 5.58. The fourth-order valence-electron chi connectivity index (χ4n) is 2.90. The average molecular weight is 268 g/mol. The highest BCUT2D eigenvalue weighted by molar-refractivity contribution is 5.77. The molecule has 2 aliphatic heterocycles. The summed E-state index contributed by atoms with van der Waals surface area (Å²) in [6.07, 6.45) is 4.66. The molecule has 0 aromatic carbocycles. The second-order valence-corrected chi connectivity index (χ2v) is 5.58. The number of likely N-dealkylation sites (tertiary alicyclic amines) is 1. The highest BCUT2D eigenvalue weighted by Gasteiger charge is 2.23. The molecular weight excluding hydrogens is 244 g/mol. The lowest BCUT2D eigenvalue weighted by Crippen LogP contribution is -2.47. The van der Waals surface area contributed by atoms with E-state index in [1.807, 2.05) is 4.90 Å². The van der Waals surface area contributed by atoms with E-state index in [4.69, 9.17) is 5.73 Å². The zero-order valence-electron chi connectivity index (χ0n) is 11.4. The van der Waals surface area contributed by atoms with Crippen LogP contribution >= 0.6 is 0 Å². The van der Waals surface area contributed by atoms with Gasteiger partial charge in [0.05, 0.1) is 6.54 Å². The molecule has 2 rings (SSSR count). The van der Waals surface area contributed by atoms with Crippen LogP contribution in [0.1, 0.15) is 32.1 Å². The summed E-state index contributed by atoms with van der Waals surface area (Å²) >= 11 is 0. The number of nitrogens with one attached hydrogen (secondary N) is 2. The molecule has 2 amide bonds. The van der Waals surface area contributed by atoms with E-state index in [2.05, 4.69) is 10.6 Å². The van der Waals surface area contributed by atoms with Crippen LogP contribution in [-0.2, 0) is 9.59 Å². The molecule has 0 spiro atoms. The maximum absolute atomic E-state index is 11.9. The molecule has 2 heterocycles. The molecule has 1 unspecified atom stereocenters. The number of nitrogens with zero attached hydrogens (tertiary/aromatic N) is 1. The summed E-state index contributed by atoms with van der Waals surface area (Å²) in [5, 5.41) is 6.43. The van der Waals surface area contributed by atoms with Gasteiger partial charge in [0.1, 0.15) is 0 Å². The number of rotatable bonds is 5. The van der Waals surface area contributed by atoms with Gasteiger partial charge in [-0.15, -0.1) is 0 Å². The molecule has 0 aromatic rings. The Morgan fingerprint density at radius 1 is 1.26 bits per heavy atom. The third-order valence-corrected chi connectivity index (χ3v) is 3.93. The number of carbonyl (C=O) groups excluding carboxylic acids is 2. The van der Waals surface area contributed by atoms with Crippen molar-refractivity contribution in [2.75, 3.05) is 26.2 Å². The van der Waals surface area contributed by atoms with Crippen LogP contribution in [0, 0.1) is 0 Å². The van der Waals surface area contributed by atoms with Crippen molar-refractivity contribution in [1.82, 2.24) is 15.5 Å². The minimum absolute atomic E-state index is 0.146. The second kappa shape index (κ2) is 6.86. The van der Waals surface area contributed by atoms with E-state index in [-0.39, 0.29) is 17.9 Å². The summed E-state index contributed by atoms with van der Waals surface area (Å²) in [6, 6.07) is 0.605. The zero-order chi connectivity index (χ0) is 13.7. The molecule has 19 heavy (non-hydrogen) atoms. The normalized spacial score (nSPS) is 25.4. The smallest absolute Gasteiger partial charge is 0.231 e. The number of amides is 2. The molecule has 1 atom stereocenters. The Hall–Kier alpha value is -1.14. The molecule has 0 saturated carbocycles. The Bertz CT molecular complexity index is 321. The van der Waals surface area contributed by atoms with Crippen molar-refractivity contribution in [3.63, 3.8) is 0 Å². The number of nitrogens with two attached hydrogens (primary N) is 1. The van der Waals surface area contributed by atoms with Crippen LogP contribution in [0.25, 0.3) is 0 Å². The van der Waals surface area contributed by atoms with Crippen LogP contribution in [0.2, 0.25) is 0 Å². The topological polar surface area (TPSA) is 87.5 Å². The molecule has 0 bridgehead atoms. The van der Waals surface area contributed by atoms with Crippen molar-refractivity contribution < 1.29 is 9.59 Å². The SMILES string of the molecule is NC(=O)CN1CCC(NC(=O)CC2CCCN2)CC1. The maximum Gasteiger partial charge on any atom is 0.231 e. The van der Waals surface area contributed by atoms with Crippen molar-refractivity contribution in [1.29, 1.82) is 0 Å². The molecule has 6 nitrogen and oxygen atoms in total. The van der Waals surface area contributed by atoms with E-state index in [1.54, 1.807) is 0 Å². The summed E-state index contributed by atoms with van der Waals surface area (Å²) in [4.78, 5) is 24.8. The summed E-state index contributed by atoms with van der Waals surface area (Å²) in [6.45, 7) is 3.02. The third kappa shape index (κ3) is 4.80. The van der Waals surface area contributed by atoms with E-state index in [0.717, 1.165) is 38.9 Å². The van der Waals surface area contributed by atoms with Crippen LogP contribution in [0.3, 0.4) is 0 Å². The minimum atomic E-state index is -0.283. The van der Waals surface area contributed by atoms with Gasteiger partial charge in [-0.2, -0.15) is 0 Å². The van der Waals surface area contributed by atoms with Crippen molar-refractivity contribution in [2.45, 2.75) is 44.2 Å². The van der Waals surface area contributed by atoms with Crippen molar-refractivity contribution >= 4 is 11.8 Å². The van der Waals surface area contributed by atoms with Crippen LogP contribution in [0.5, 0.6) is 0 Å². The monoisotopic (exact) mass is 268 g/mol. The molecule has 0 radical (unpaired) electrons. The quantitative estimate of drug-likeness (QED) is 0.609. The predicted molar refractivity (Wildman–Crippen MR) is 72.4 cm³/mol. The van der Waals surface area contributed by atoms with Gasteiger partial charge in [-0.05, 0) is 32.2 Å². The van der Waals surface area contributed by atoms with Crippen molar-refractivity contribution in [3.05, 3.63) is 0 Å². The van der Waals surface area contributed by atoms with Gasteiger partial charge in [0, 0.05) is 31.6 Å². The number of piperidine rings is 1. The minimum Gasteiger partial charge on any atom is -0.369 e. The average Bonchev–Trinajstić information content (AvgIpc) is 2.83. The first-order valence-corrected chi connectivity index (χ1v) is 7.17. The van der Waals surface area contributed by atoms with E-state index in [9.17, 15) is 9.59 Å². The first kappa shape index (κ1) is 14.3. The molecule has 0 aromatic heterocycles. The molecule has 0 aliphatic carbocycles. The molecule has 4 N–H and O–H groups in total. The zero-order valence-corrected chi connectivity index (χ0v) is 11.4. The van der Waals surface area contributed by atoms with Crippen molar-refractivity contribution in [2.24, 2.45) is 5.73 Å². The summed E-state index contributed by atoms with van der Waals surface area (Å²) in [5.41, 5.74) is 5.17. The van der Waals surface area contributed by atoms with Gasteiger partial charge in [-0.25, -0.2) is 0 Å². The molecular formula is C13H24N4O2. The van der Waals surface area contributed by atoms with Gasteiger partial charge in [0.15, 0.2) is 0 Å².